The van der Waals surface area contributed by atoms with Crippen molar-refractivity contribution in [3.05, 3.63) is 46.5 Å². The number of fused-ring (bicyclic) bond motifs is 1. The Balaban J connectivity index is 1.62. The molecule has 42 heavy (non-hydrogen) atoms. The largest absolute Gasteiger partial charge is 0.493 e. The Kier molecular flexibility index (Phi) is 9.82. The van der Waals surface area contributed by atoms with Crippen LogP contribution in [0, 0.1) is 0 Å². The van der Waals surface area contributed by atoms with Crippen molar-refractivity contribution < 1.29 is 42.8 Å². The van der Waals surface area contributed by atoms with Crippen molar-refractivity contribution in [3.8, 4) is 28.7 Å². The summed E-state index contributed by atoms with van der Waals surface area (Å²) in [7, 11) is 7.57. The van der Waals surface area contributed by atoms with Crippen LogP contribution < -0.4 is 23.7 Å². The number of carbonyl (C=O) groups excluding carboxylic acids is 3. The van der Waals surface area contributed by atoms with E-state index in [0.29, 0.717) is 40.7 Å². The maximum Gasteiger partial charge on any atom is 0.330 e. The molecule has 11 heteroatoms. The normalized spacial score (nSPS) is 16.4. The van der Waals surface area contributed by atoms with E-state index in [1.165, 1.54) is 26.2 Å². The molecule has 2 aliphatic rings. The zero-order valence-corrected chi connectivity index (χ0v) is 25.0. The molecule has 1 aliphatic heterocycles. The summed E-state index contributed by atoms with van der Waals surface area (Å²) in [4.78, 5) is 43.7. The number of piperazine rings is 1. The van der Waals surface area contributed by atoms with E-state index < -0.39 is 17.9 Å². The smallest absolute Gasteiger partial charge is 0.330 e. The standard InChI is InChI=1S/C31H38N2O9/c1-7-42-31(36)23-18-32(11-12-33(23)30(35)22-16-26(39-4)28(41-6)27(17-22)40-5)29(34)20-10-8-9-19-14-24(37-2)25(38-3)15-21(19)13-20/h13-17,23H,7-12,18H2,1-6H3. The molecule has 0 aromatic heterocycles. The van der Waals surface area contributed by atoms with Crippen molar-refractivity contribution in [2.24, 2.45) is 0 Å². The quantitative estimate of drug-likeness (QED) is 0.411. The van der Waals surface area contributed by atoms with E-state index in [-0.39, 0.29) is 37.7 Å². The lowest BCUT2D eigenvalue weighted by Crippen LogP contribution is -2.60. The number of methoxy groups -OCH3 is 5. The Bertz CT molecular complexity index is 1350. The molecule has 1 heterocycles. The van der Waals surface area contributed by atoms with Crippen molar-refractivity contribution >= 4 is 23.9 Å². The van der Waals surface area contributed by atoms with Crippen LogP contribution in [0.1, 0.15) is 41.3 Å². The average Bonchev–Trinajstić information content (AvgIpc) is 3.24. The molecule has 2 aromatic carbocycles. The van der Waals surface area contributed by atoms with Gasteiger partial charge >= 0.3 is 5.97 Å². The molecule has 0 radical (unpaired) electrons. The van der Waals surface area contributed by atoms with Gasteiger partial charge in [-0.2, -0.15) is 0 Å². The van der Waals surface area contributed by atoms with Crippen molar-refractivity contribution in [2.45, 2.75) is 32.2 Å². The van der Waals surface area contributed by atoms with Crippen LogP contribution in [-0.4, -0.2) is 95.4 Å². The summed E-state index contributed by atoms with van der Waals surface area (Å²) >= 11 is 0. The summed E-state index contributed by atoms with van der Waals surface area (Å²) in [6.07, 6.45) is 4.03. The highest BCUT2D eigenvalue weighted by molar-refractivity contribution is 6.01. The minimum absolute atomic E-state index is 0.00393. The highest BCUT2D eigenvalue weighted by Crippen LogP contribution is 2.39. The van der Waals surface area contributed by atoms with Gasteiger partial charge in [0, 0.05) is 24.2 Å². The SMILES string of the molecule is CCOC(=O)C1CN(C(=O)C2=Cc3cc(OC)c(OC)cc3CCC2)CCN1C(=O)c1cc(OC)c(OC)c(OC)c1. The molecule has 1 saturated heterocycles. The molecule has 0 bridgehead atoms. The van der Waals surface area contributed by atoms with E-state index in [0.717, 1.165) is 24.0 Å². The van der Waals surface area contributed by atoms with Crippen LogP contribution in [-0.2, 0) is 20.7 Å². The summed E-state index contributed by atoms with van der Waals surface area (Å²) in [5, 5.41) is 0. The molecule has 1 fully saturated rings. The van der Waals surface area contributed by atoms with Gasteiger partial charge in [-0.15, -0.1) is 0 Å². The third-order valence-corrected chi connectivity index (χ3v) is 7.54. The fourth-order valence-electron chi connectivity index (χ4n) is 5.41. The summed E-state index contributed by atoms with van der Waals surface area (Å²) < 4.78 is 32.4. The van der Waals surface area contributed by atoms with Gasteiger partial charge in [0.05, 0.1) is 48.7 Å². The Morgan fingerprint density at radius 3 is 2.02 bits per heavy atom. The number of benzene rings is 2. The lowest BCUT2D eigenvalue weighted by Gasteiger charge is -2.40. The topological polar surface area (TPSA) is 113 Å². The van der Waals surface area contributed by atoms with E-state index in [4.69, 9.17) is 28.4 Å². The second-order valence-corrected chi connectivity index (χ2v) is 9.86. The second kappa shape index (κ2) is 13.5. The van der Waals surface area contributed by atoms with Crippen LogP contribution in [0.3, 0.4) is 0 Å². The Morgan fingerprint density at radius 1 is 0.786 bits per heavy atom. The van der Waals surface area contributed by atoms with Crippen molar-refractivity contribution in [3.63, 3.8) is 0 Å². The van der Waals surface area contributed by atoms with Crippen LogP contribution in [0.25, 0.3) is 6.08 Å². The molecule has 1 atom stereocenters. The zero-order valence-electron chi connectivity index (χ0n) is 25.0. The first-order chi connectivity index (χ1) is 20.3. The number of aryl methyl sites for hydroxylation is 1. The molecular formula is C31H38N2O9. The number of rotatable bonds is 9. The van der Waals surface area contributed by atoms with Gasteiger partial charge in [0.2, 0.25) is 11.7 Å². The van der Waals surface area contributed by atoms with Crippen LogP contribution >= 0.6 is 0 Å². The summed E-state index contributed by atoms with van der Waals surface area (Å²) in [5.74, 6) is 1.05. The van der Waals surface area contributed by atoms with Gasteiger partial charge in [0.25, 0.3) is 5.91 Å². The molecule has 2 amide bonds. The number of ether oxygens (including phenoxy) is 6. The Morgan fingerprint density at radius 2 is 1.43 bits per heavy atom. The minimum Gasteiger partial charge on any atom is -0.493 e. The maximum atomic E-state index is 13.8. The predicted molar refractivity (Wildman–Crippen MR) is 155 cm³/mol. The molecule has 1 aliphatic carbocycles. The number of nitrogens with zero attached hydrogens (tertiary/aromatic N) is 2. The van der Waals surface area contributed by atoms with Gasteiger partial charge in [0.1, 0.15) is 6.04 Å². The third kappa shape index (κ3) is 6.09. The van der Waals surface area contributed by atoms with E-state index >= 15 is 0 Å². The van der Waals surface area contributed by atoms with Gasteiger partial charge in [-0.1, -0.05) is 0 Å². The molecular weight excluding hydrogens is 544 g/mol. The summed E-state index contributed by atoms with van der Waals surface area (Å²) in [6, 6.07) is 5.92. The average molecular weight is 583 g/mol. The van der Waals surface area contributed by atoms with Crippen LogP contribution in [0.4, 0.5) is 0 Å². The van der Waals surface area contributed by atoms with E-state index in [1.54, 1.807) is 38.2 Å². The zero-order chi connectivity index (χ0) is 30.4. The van der Waals surface area contributed by atoms with E-state index in [1.807, 2.05) is 18.2 Å². The number of hydrogen-bond donors (Lipinski definition) is 0. The highest BCUT2D eigenvalue weighted by Gasteiger charge is 2.39. The first-order valence-corrected chi connectivity index (χ1v) is 13.8. The Labute approximate surface area is 245 Å². The first-order valence-electron chi connectivity index (χ1n) is 13.8. The molecule has 2 aromatic rings. The van der Waals surface area contributed by atoms with Gasteiger partial charge in [0.15, 0.2) is 23.0 Å². The van der Waals surface area contributed by atoms with Crippen LogP contribution in [0.5, 0.6) is 28.7 Å². The van der Waals surface area contributed by atoms with Gasteiger partial charge in [-0.3, -0.25) is 9.59 Å². The van der Waals surface area contributed by atoms with Crippen LogP contribution in [0.2, 0.25) is 0 Å². The third-order valence-electron chi connectivity index (χ3n) is 7.54. The molecule has 11 nitrogen and oxygen atoms in total. The highest BCUT2D eigenvalue weighted by atomic mass is 16.5. The van der Waals surface area contributed by atoms with Crippen molar-refractivity contribution in [2.75, 3.05) is 61.8 Å². The minimum atomic E-state index is -0.989. The fourth-order valence-corrected chi connectivity index (χ4v) is 5.41. The van der Waals surface area contributed by atoms with Crippen molar-refractivity contribution in [1.82, 2.24) is 9.80 Å². The maximum absolute atomic E-state index is 13.8. The van der Waals surface area contributed by atoms with Crippen molar-refractivity contribution in [1.29, 1.82) is 0 Å². The fraction of sp³-hybridized carbons (Fsp3) is 0.452. The predicted octanol–water partition coefficient (Wildman–Crippen LogP) is 3.37. The van der Waals surface area contributed by atoms with E-state index in [9.17, 15) is 14.4 Å². The monoisotopic (exact) mass is 582 g/mol. The van der Waals surface area contributed by atoms with Gasteiger partial charge in [-0.25, -0.2) is 4.79 Å². The summed E-state index contributed by atoms with van der Waals surface area (Å²) in [5.41, 5.74) is 2.85. The van der Waals surface area contributed by atoms with E-state index in [2.05, 4.69) is 0 Å². The molecule has 4 rings (SSSR count). The van der Waals surface area contributed by atoms with Gasteiger partial charge < -0.3 is 38.2 Å². The Hall–Kier alpha value is -4.41. The molecule has 0 N–H and O–H groups in total. The summed E-state index contributed by atoms with van der Waals surface area (Å²) in [6.45, 7) is 2.24. The second-order valence-electron chi connectivity index (χ2n) is 9.86. The molecule has 0 spiro atoms. The molecule has 0 saturated carbocycles. The molecule has 226 valence electrons. The number of amides is 2. The lowest BCUT2D eigenvalue weighted by atomic mass is 10.0. The van der Waals surface area contributed by atoms with Crippen LogP contribution in [0.15, 0.2) is 29.8 Å². The lowest BCUT2D eigenvalue weighted by molar-refractivity contribution is -0.152. The number of hydrogen-bond acceptors (Lipinski definition) is 9. The number of esters is 1. The van der Waals surface area contributed by atoms with Gasteiger partial charge in [-0.05, 0) is 67.7 Å². The first kappa shape index (κ1) is 30.5. The molecule has 1 unspecified atom stereocenters. The number of carbonyl (C=O) groups is 3.